The molecule has 0 aromatic carbocycles. The first kappa shape index (κ1) is 12.8. The van der Waals surface area contributed by atoms with E-state index in [2.05, 4.69) is 14.8 Å². The second-order valence-corrected chi connectivity index (χ2v) is 4.65. The van der Waals surface area contributed by atoms with Gasteiger partial charge in [-0.1, -0.05) is 17.7 Å². The molecule has 5 heteroatoms. The molecule has 2 rings (SSSR count). The van der Waals surface area contributed by atoms with Crippen molar-refractivity contribution in [2.45, 2.75) is 6.54 Å². The second-order valence-electron chi connectivity index (χ2n) is 4.29. The number of hydrogen-bond acceptors (Lipinski definition) is 4. The number of aromatic nitrogens is 1. The third-order valence-corrected chi connectivity index (χ3v) is 3.45. The normalized spacial score (nSPS) is 18.5. The number of aliphatic hydroxyl groups is 1. The maximum atomic E-state index is 8.88. The van der Waals surface area contributed by atoms with Crippen molar-refractivity contribution in [3.05, 3.63) is 29.0 Å². The van der Waals surface area contributed by atoms with Crippen LogP contribution in [0.25, 0.3) is 0 Å². The summed E-state index contributed by atoms with van der Waals surface area (Å²) in [5, 5.41) is 9.48. The van der Waals surface area contributed by atoms with Crippen LogP contribution in [-0.2, 0) is 6.54 Å². The van der Waals surface area contributed by atoms with Gasteiger partial charge in [0.2, 0.25) is 0 Å². The van der Waals surface area contributed by atoms with E-state index in [0.717, 1.165) is 44.8 Å². The Morgan fingerprint density at radius 3 is 2.59 bits per heavy atom. The van der Waals surface area contributed by atoms with Gasteiger partial charge in [0, 0.05) is 51.0 Å². The molecule has 1 N–H and O–H groups in total. The van der Waals surface area contributed by atoms with Gasteiger partial charge in [0.15, 0.2) is 0 Å². The lowest BCUT2D eigenvalue weighted by atomic mass is 10.2. The van der Waals surface area contributed by atoms with E-state index in [1.165, 1.54) is 0 Å². The predicted octanol–water partition coefficient (Wildman–Crippen LogP) is 0.845. The van der Waals surface area contributed by atoms with Gasteiger partial charge in [-0.2, -0.15) is 0 Å². The van der Waals surface area contributed by atoms with Crippen molar-refractivity contribution < 1.29 is 5.11 Å². The average Bonchev–Trinajstić information content (AvgIpc) is 2.35. The molecular formula is C12H18ClN3O. The summed E-state index contributed by atoms with van der Waals surface area (Å²) in [6, 6.07) is 3.94. The number of hydrogen-bond donors (Lipinski definition) is 1. The van der Waals surface area contributed by atoms with Crippen LogP contribution < -0.4 is 0 Å². The Labute approximate surface area is 107 Å². The summed E-state index contributed by atoms with van der Waals surface area (Å²) in [4.78, 5) is 8.74. The van der Waals surface area contributed by atoms with Crippen LogP contribution in [0.15, 0.2) is 18.3 Å². The Balaban J connectivity index is 1.84. The van der Waals surface area contributed by atoms with Gasteiger partial charge in [0.25, 0.3) is 0 Å². The van der Waals surface area contributed by atoms with E-state index in [1.54, 1.807) is 6.20 Å². The summed E-state index contributed by atoms with van der Waals surface area (Å²) in [5.41, 5.74) is 1.09. The zero-order valence-corrected chi connectivity index (χ0v) is 10.6. The highest BCUT2D eigenvalue weighted by molar-refractivity contribution is 6.30. The number of piperazine rings is 1. The second kappa shape index (κ2) is 6.31. The molecule has 0 spiro atoms. The minimum absolute atomic E-state index is 0.244. The van der Waals surface area contributed by atoms with Crippen molar-refractivity contribution in [1.82, 2.24) is 14.8 Å². The van der Waals surface area contributed by atoms with Gasteiger partial charge >= 0.3 is 0 Å². The third kappa shape index (κ3) is 3.64. The third-order valence-electron chi connectivity index (χ3n) is 3.11. The Morgan fingerprint density at radius 2 is 1.94 bits per heavy atom. The molecule has 0 amide bonds. The van der Waals surface area contributed by atoms with Crippen molar-refractivity contribution in [1.29, 1.82) is 0 Å². The molecule has 17 heavy (non-hydrogen) atoms. The Kier molecular flexibility index (Phi) is 4.74. The molecular weight excluding hydrogens is 238 g/mol. The molecule has 2 heterocycles. The largest absolute Gasteiger partial charge is 0.395 e. The molecule has 1 saturated heterocycles. The highest BCUT2D eigenvalue weighted by atomic mass is 35.5. The van der Waals surface area contributed by atoms with Crippen LogP contribution in [0.2, 0.25) is 5.15 Å². The van der Waals surface area contributed by atoms with Crippen LogP contribution >= 0.6 is 11.6 Å². The highest BCUT2D eigenvalue weighted by Gasteiger charge is 2.17. The summed E-state index contributed by atoms with van der Waals surface area (Å²) < 4.78 is 0. The quantitative estimate of drug-likeness (QED) is 0.810. The molecule has 0 bridgehead atoms. The fourth-order valence-electron chi connectivity index (χ4n) is 2.09. The smallest absolute Gasteiger partial charge is 0.133 e. The lowest BCUT2D eigenvalue weighted by Gasteiger charge is -2.34. The van der Waals surface area contributed by atoms with E-state index in [-0.39, 0.29) is 6.61 Å². The van der Waals surface area contributed by atoms with Crippen molar-refractivity contribution in [2.24, 2.45) is 0 Å². The first-order chi connectivity index (χ1) is 8.29. The van der Waals surface area contributed by atoms with Gasteiger partial charge in [-0.3, -0.25) is 9.80 Å². The number of rotatable bonds is 4. The Hall–Kier alpha value is -0.680. The molecule has 0 saturated carbocycles. The summed E-state index contributed by atoms with van der Waals surface area (Å²) in [6.45, 7) is 5.95. The van der Waals surface area contributed by atoms with E-state index in [9.17, 15) is 0 Å². The molecule has 1 aliphatic heterocycles. The van der Waals surface area contributed by atoms with Crippen molar-refractivity contribution in [3.8, 4) is 0 Å². The molecule has 0 radical (unpaired) electrons. The van der Waals surface area contributed by atoms with Crippen LogP contribution in [-0.4, -0.2) is 59.2 Å². The molecule has 1 aromatic heterocycles. The van der Waals surface area contributed by atoms with Gasteiger partial charge < -0.3 is 5.11 Å². The van der Waals surface area contributed by atoms with E-state index < -0.39 is 0 Å². The lowest BCUT2D eigenvalue weighted by molar-refractivity contribution is 0.108. The van der Waals surface area contributed by atoms with E-state index in [1.807, 2.05) is 12.1 Å². The summed E-state index contributed by atoms with van der Waals surface area (Å²) in [7, 11) is 0. The Morgan fingerprint density at radius 1 is 1.24 bits per heavy atom. The zero-order valence-electron chi connectivity index (χ0n) is 9.85. The molecule has 1 aromatic rings. The molecule has 1 fully saturated rings. The van der Waals surface area contributed by atoms with Gasteiger partial charge in [-0.25, -0.2) is 4.98 Å². The van der Waals surface area contributed by atoms with Crippen molar-refractivity contribution >= 4 is 11.6 Å². The van der Waals surface area contributed by atoms with Crippen LogP contribution in [0.4, 0.5) is 0 Å². The van der Waals surface area contributed by atoms with Gasteiger partial charge in [0.1, 0.15) is 5.15 Å². The molecule has 0 unspecified atom stereocenters. The van der Waals surface area contributed by atoms with Crippen LogP contribution in [0.3, 0.4) is 0 Å². The molecule has 4 nitrogen and oxygen atoms in total. The van der Waals surface area contributed by atoms with Crippen LogP contribution in [0, 0.1) is 0 Å². The monoisotopic (exact) mass is 255 g/mol. The SMILES string of the molecule is OCCN1CCN(Cc2cccnc2Cl)CC1. The predicted molar refractivity (Wildman–Crippen MR) is 68.0 cm³/mol. The number of halogens is 1. The molecule has 0 aliphatic carbocycles. The number of nitrogens with zero attached hydrogens (tertiary/aromatic N) is 3. The van der Waals surface area contributed by atoms with Crippen molar-refractivity contribution in [2.75, 3.05) is 39.3 Å². The zero-order chi connectivity index (χ0) is 12.1. The molecule has 0 atom stereocenters. The van der Waals surface area contributed by atoms with E-state index >= 15 is 0 Å². The van der Waals surface area contributed by atoms with E-state index in [0.29, 0.717) is 5.15 Å². The van der Waals surface area contributed by atoms with Gasteiger partial charge in [-0.05, 0) is 6.07 Å². The summed E-state index contributed by atoms with van der Waals surface area (Å²) in [6.07, 6.45) is 1.71. The summed E-state index contributed by atoms with van der Waals surface area (Å²) in [5.74, 6) is 0. The fourth-order valence-corrected chi connectivity index (χ4v) is 2.27. The minimum Gasteiger partial charge on any atom is -0.395 e. The van der Waals surface area contributed by atoms with Gasteiger partial charge in [-0.15, -0.1) is 0 Å². The van der Waals surface area contributed by atoms with Crippen LogP contribution in [0.5, 0.6) is 0 Å². The fraction of sp³-hybridized carbons (Fsp3) is 0.583. The van der Waals surface area contributed by atoms with E-state index in [4.69, 9.17) is 16.7 Å². The number of β-amino-alcohol motifs (C(OH)–C–C–N with tert-alkyl or cyclic N) is 1. The maximum absolute atomic E-state index is 8.88. The summed E-state index contributed by atoms with van der Waals surface area (Å²) >= 11 is 6.04. The molecule has 1 aliphatic rings. The van der Waals surface area contributed by atoms with Crippen LogP contribution in [0.1, 0.15) is 5.56 Å². The average molecular weight is 256 g/mol. The molecule has 94 valence electrons. The maximum Gasteiger partial charge on any atom is 0.133 e. The number of pyridine rings is 1. The first-order valence-electron chi connectivity index (χ1n) is 5.94. The standard InChI is InChI=1S/C12H18ClN3O/c13-12-11(2-1-3-14-12)10-16-6-4-15(5-7-16)8-9-17/h1-3,17H,4-10H2. The van der Waals surface area contributed by atoms with Gasteiger partial charge in [0.05, 0.1) is 6.61 Å². The Bertz CT molecular complexity index is 353. The first-order valence-corrected chi connectivity index (χ1v) is 6.32. The topological polar surface area (TPSA) is 39.6 Å². The highest BCUT2D eigenvalue weighted by Crippen LogP contribution is 2.15. The lowest BCUT2D eigenvalue weighted by Crippen LogP contribution is -2.46. The number of aliphatic hydroxyl groups excluding tert-OH is 1. The van der Waals surface area contributed by atoms with Crippen molar-refractivity contribution in [3.63, 3.8) is 0 Å². The minimum atomic E-state index is 0.244.